The number of fused-ring (bicyclic) bond motifs is 12. The highest BCUT2D eigenvalue weighted by Crippen LogP contribution is 2.49. The largest absolute Gasteiger partial charge is 0.456 e. The summed E-state index contributed by atoms with van der Waals surface area (Å²) in [6.45, 7) is 0. The van der Waals surface area contributed by atoms with Gasteiger partial charge in [-0.15, -0.1) is 0 Å². The predicted molar refractivity (Wildman–Crippen MR) is 227 cm³/mol. The van der Waals surface area contributed by atoms with Gasteiger partial charge in [-0.25, -0.2) is 0 Å². The van der Waals surface area contributed by atoms with Crippen LogP contribution in [0.4, 0.5) is 0 Å². The molecule has 0 atom stereocenters. The zero-order valence-electron chi connectivity index (χ0n) is 56.8. The molecule has 0 fully saturated rings. The van der Waals surface area contributed by atoms with Crippen molar-refractivity contribution in [2.45, 2.75) is 0 Å². The van der Waals surface area contributed by atoms with Gasteiger partial charge in [-0.2, -0.15) is 0 Å². The lowest BCUT2D eigenvalue weighted by Gasteiger charge is -2.19. The standard InChI is InChI=1S/C52H30O2/c1-2-13-31(14-3-1)48-37-19-8-9-20-38(37)49(43-23-12-22-40-41-27-28-47-50(52(41)54-51(40)43)42-21-10-11-24-46(42)53-47)45-30-33(25-26-39(45)48)44-29-32-15-4-5-16-34(32)35-17-6-7-18-36(35)44/h1-30H/i1D,2D,3D,4D,5D,6D,7D,8D,9D,10D,11D,12D,13D,14D,15D,16D,17D,18D,19D,20D,21D,22D,23D,24D,25D,26D,27D,28D,29D,30D. The first-order valence-corrected chi connectivity index (χ1v) is 16.1. The number of hydrogen-bond acceptors (Lipinski definition) is 2. The van der Waals surface area contributed by atoms with E-state index in [1.54, 1.807) is 0 Å². The lowest BCUT2D eigenvalue weighted by atomic mass is 9.84. The molecular formula is C52H30O2. The molecule has 12 aromatic rings. The van der Waals surface area contributed by atoms with E-state index < -0.39 is 291 Å². The van der Waals surface area contributed by atoms with Crippen molar-refractivity contribution in [3.05, 3.63) is 181 Å². The Morgan fingerprint density at radius 1 is 0.315 bits per heavy atom. The molecule has 250 valence electrons. The third-order valence-corrected chi connectivity index (χ3v) is 9.25. The number of benzene rings is 10. The van der Waals surface area contributed by atoms with Gasteiger partial charge in [0.15, 0.2) is 0 Å². The Labute approximate surface area is 352 Å². The highest BCUT2D eigenvalue weighted by Gasteiger charge is 2.23. The lowest BCUT2D eigenvalue weighted by Crippen LogP contribution is -1.92. The van der Waals surface area contributed by atoms with Gasteiger partial charge < -0.3 is 8.83 Å². The van der Waals surface area contributed by atoms with Gasteiger partial charge in [0.05, 0.1) is 46.5 Å². The van der Waals surface area contributed by atoms with Crippen molar-refractivity contribution < 1.29 is 50.0 Å². The fourth-order valence-electron chi connectivity index (χ4n) is 7.03. The van der Waals surface area contributed by atoms with Crippen LogP contribution in [-0.2, 0) is 0 Å². The molecule has 0 unspecified atom stereocenters. The smallest absolute Gasteiger partial charge is 0.147 e. The summed E-state index contributed by atoms with van der Waals surface area (Å²) in [6.07, 6.45) is 0. The minimum Gasteiger partial charge on any atom is -0.456 e. The van der Waals surface area contributed by atoms with Crippen LogP contribution >= 0.6 is 0 Å². The van der Waals surface area contributed by atoms with Gasteiger partial charge in [0.2, 0.25) is 0 Å². The molecule has 2 nitrogen and oxygen atoms in total. The van der Waals surface area contributed by atoms with Crippen molar-refractivity contribution in [1.82, 2.24) is 0 Å². The number of para-hydroxylation sites is 2. The summed E-state index contributed by atoms with van der Waals surface area (Å²) in [5.41, 5.74) is -7.41. The minimum absolute atomic E-state index is 0.370. The van der Waals surface area contributed by atoms with Crippen LogP contribution in [0.15, 0.2) is 190 Å². The van der Waals surface area contributed by atoms with Gasteiger partial charge in [0.1, 0.15) is 22.3 Å². The topological polar surface area (TPSA) is 26.3 Å². The minimum atomic E-state index is -1.15. The number of rotatable bonds is 3. The van der Waals surface area contributed by atoms with Crippen LogP contribution in [0.1, 0.15) is 41.1 Å². The normalized spacial score (nSPS) is 19.9. The Kier molecular flexibility index (Phi) is 2.64. The van der Waals surface area contributed by atoms with Gasteiger partial charge in [0.25, 0.3) is 0 Å². The molecule has 0 aliphatic heterocycles. The predicted octanol–water partition coefficient (Wildman–Crippen LogP) is 15.1. The summed E-state index contributed by atoms with van der Waals surface area (Å²) in [4.78, 5) is 0. The van der Waals surface area contributed by atoms with E-state index in [1.807, 2.05) is 0 Å². The number of furan rings is 2. The fraction of sp³-hybridized carbons (Fsp3) is 0. The van der Waals surface area contributed by atoms with E-state index in [1.165, 1.54) is 0 Å². The van der Waals surface area contributed by atoms with Crippen molar-refractivity contribution in [3.63, 3.8) is 0 Å². The third kappa shape index (κ3) is 4.11. The van der Waals surface area contributed by atoms with Crippen molar-refractivity contribution in [1.29, 1.82) is 0 Å². The van der Waals surface area contributed by atoms with Crippen molar-refractivity contribution in [3.8, 4) is 33.4 Å². The first-order chi connectivity index (χ1) is 39.3. The first-order valence-electron chi connectivity index (χ1n) is 31.1. The molecular weight excluding hydrogens is 657 g/mol. The van der Waals surface area contributed by atoms with E-state index >= 15 is 0 Å². The molecule has 10 aromatic carbocycles. The quantitative estimate of drug-likeness (QED) is 0.134. The Morgan fingerprint density at radius 2 is 0.944 bits per heavy atom. The van der Waals surface area contributed by atoms with Crippen LogP contribution in [0, 0.1) is 0 Å². The molecule has 0 amide bonds. The number of hydrogen-bond donors (Lipinski definition) is 0. The molecule has 0 aliphatic rings. The average Bonchev–Trinajstić information content (AvgIpc) is 1.21. The Balaban J connectivity index is 1.45. The second kappa shape index (κ2) is 11.2. The van der Waals surface area contributed by atoms with Crippen LogP contribution in [0.25, 0.3) is 120 Å². The second-order valence-electron chi connectivity index (χ2n) is 12.0. The van der Waals surface area contributed by atoms with Crippen molar-refractivity contribution in [2.24, 2.45) is 0 Å². The summed E-state index contributed by atoms with van der Waals surface area (Å²) in [6, 6.07) is -28.6. The molecule has 0 N–H and O–H groups in total. The van der Waals surface area contributed by atoms with Crippen LogP contribution in [0.3, 0.4) is 0 Å². The third-order valence-electron chi connectivity index (χ3n) is 9.25. The molecule has 12 rings (SSSR count). The zero-order valence-corrected chi connectivity index (χ0v) is 26.8. The maximum absolute atomic E-state index is 10.5. The Morgan fingerprint density at radius 3 is 1.80 bits per heavy atom. The molecule has 2 heterocycles. The average molecular weight is 717 g/mol. The van der Waals surface area contributed by atoms with E-state index in [2.05, 4.69) is 0 Å². The highest BCUT2D eigenvalue weighted by molar-refractivity contribution is 6.27. The van der Waals surface area contributed by atoms with E-state index in [4.69, 9.17) is 32.1 Å². The highest BCUT2D eigenvalue weighted by atomic mass is 16.3. The molecule has 0 aliphatic carbocycles. The van der Waals surface area contributed by atoms with Gasteiger partial charge in [-0.05, 0) is 95.6 Å². The summed E-state index contributed by atoms with van der Waals surface area (Å²) in [5, 5.41) is -7.81. The molecule has 0 saturated heterocycles. The van der Waals surface area contributed by atoms with Crippen LogP contribution in [-0.4, -0.2) is 0 Å². The summed E-state index contributed by atoms with van der Waals surface area (Å²) >= 11 is 0. The van der Waals surface area contributed by atoms with Gasteiger partial charge in [0, 0.05) is 27.3 Å². The summed E-state index contributed by atoms with van der Waals surface area (Å²) < 4.78 is 287. The molecule has 0 saturated carbocycles. The maximum Gasteiger partial charge on any atom is 0.147 e. The van der Waals surface area contributed by atoms with Gasteiger partial charge in [-0.1, -0.05) is 151 Å². The van der Waals surface area contributed by atoms with E-state index in [0.717, 1.165) is 0 Å². The van der Waals surface area contributed by atoms with Crippen molar-refractivity contribution in [2.75, 3.05) is 0 Å². The van der Waals surface area contributed by atoms with Crippen LogP contribution in [0.5, 0.6) is 0 Å². The molecule has 0 bridgehead atoms. The molecule has 54 heavy (non-hydrogen) atoms. The van der Waals surface area contributed by atoms with Gasteiger partial charge in [-0.3, -0.25) is 0 Å². The monoisotopic (exact) mass is 716 g/mol. The van der Waals surface area contributed by atoms with Crippen molar-refractivity contribution >= 4 is 87.0 Å². The molecule has 2 heteroatoms. The zero-order chi connectivity index (χ0) is 61.4. The lowest BCUT2D eigenvalue weighted by molar-refractivity contribution is 0.663. The Hall–Kier alpha value is -7.16. The fourth-order valence-corrected chi connectivity index (χ4v) is 7.03. The molecule has 2 aromatic heterocycles. The van der Waals surface area contributed by atoms with Crippen LogP contribution in [0.2, 0.25) is 0 Å². The SMILES string of the molecule is [2H]c1c([2H])c([2H])c(-c2c3c([2H])c([2H])c([2H])c([2H])c3c(-c3c([2H])c([2H])c([2H])c4c3oc3c4c([2H])c([2H])c4oc5c([2H])c([2H])c([2H])c([2H])c5c43)c3c([2H])c(-c4c([2H])c5c([2H])c([2H])c([2H])c([2H])c5c5c([2H])c([2H])c([2H])c([2H])c45)c([2H])c([2H])c23)c([2H])c1[2H]. The Bertz CT molecular complexity index is 5220. The van der Waals surface area contributed by atoms with E-state index in [9.17, 15) is 17.8 Å². The van der Waals surface area contributed by atoms with E-state index in [-0.39, 0.29) is 10.8 Å². The summed E-state index contributed by atoms with van der Waals surface area (Å²) in [7, 11) is 0. The maximum atomic E-state index is 10.5. The first kappa shape index (κ1) is 12.8. The van der Waals surface area contributed by atoms with Crippen LogP contribution < -0.4 is 0 Å². The summed E-state index contributed by atoms with van der Waals surface area (Å²) in [5.74, 6) is 0. The van der Waals surface area contributed by atoms with E-state index in [0.29, 0.717) is 0 Å². The second-order valence-corrected chi connectivity index (χ2v) is 12.0. The molecule has 0 radical (unpaired) electrons. The van der Waals surface area contributed by atoms with Gasteiger partial charge >= 0.3 is 0 Å². The molecule has 0 spiro atoms.